The monoisotopic (exact) mass is 474 g/mol. The third kappa shape index (κ3) is 4.39. The van der Waals surface area contributed by atoms with Crippen LogP contribution in [0.4, 0.5) is 17.5 Å². The predicted octanol–water partition coefficient (Wildman–Crippen LogP) is 4.97. The summed E-state index contributed by atoms with van der Waals surface area (Å²) in [6.07, 6.45) is 1.83. The quantitative estimate of drug-likeness (QED) is 0.398. The number of fused-ring (bicyclic) bond motifs is 1. The smallest absolute Gasteiger partial charge is 0.227 e. The topological polar surface area (TPSA) is 98.4 Å². The van der Waals surface area contributed by atoms with Crippen molar-refractivity contribution in [2.75, 3.05) is 37.0 Å². The molecule has 1 aromatic carbocycles. The SMILES string of the molecule is CCOc1cc(-c2oc(C)nc2C)ccc1Nc1ncc2cc(C)nc(N3CC(C)(OC)C3)c2n1. The van der Waals surface area contributed by atoms with E-state index in [0.717, 1.165) is 58.2 Å². The lowest BCUT2D eigenvalue weighted by Crippen LogP contribution is -2.61. The van der Waals surface area contributed by atoms with Gasteiger partial charge in [-0.05, 0) is 52.0 Å². The van der Waals surface area contributed by atoms with Crippen molar-refractivity contribution >= 4 is 28.4 Å². The number of methoxy groups -OCH3 is 1. The molecule has 0 saturated carbocycles. The van der Waals surface area contributed by atoms with Crippen LogP contribution in [-0.2, 0) is 4.74 Å². The molecule has 1 aliphatic rings. The first kappa shape index (κ1) is 23.0. The molecular weight excluding hydrogens is 444 g/mol. The predicted molar refractivity (Wildman–Crippen MR) is 136 cm³/mol. The van der Waals surface area contributed by atoms with Gasteiger partial charge >= 0.3 is 0 Å². The highest BCUT2D eigenvalue weighted by Crippen LogP contribution is 2.36. The Balaban J connectivity index is 1.49. The van der Waals surface area contributed by atoms with Gasteiger partial charge in [-0.1, -0.05) is 0 Å². The Hall–Kier alpha value is -3.72. The van der Waals surface area contributed by atoms with Crippen LogP contribution in [-0.4, -0.2) is 52.3 Å². The van der Waals surface area contributed by atoms with Crippen LogP contribution in [0.5, 0.6) is 5.75 Å². The van der Waals surface area contributed by atoms with Gasteiger partial charge in [-0.25, -0.2) is 19.9 Å². The second-order valence-corrected chi connectivity index (χ2v) is 9.15. The number of hydrogen-bond donors (Lipinski definition) is 1. The fourth-order valence-electron chi connectivity index (χ4n) is 4.44. The Labute approximate surface area is 204 Å². The van der Waals surface area contributed by atoms with Crippen LogP contribution in [0.2, 0.25) is 0 Å². The van der Waals surface area contributed by atoms with Gasteiger partial charge in [-0.3, -0.25) is 0 Å². The maximum absolute atomic E-state index is 5.93. The first-order chi connectivity index (χ1) is 16.8. The van der Waals surface area contributed by atoms with Gasteiger partial charge in [0.25, 0.3) is 0 Å². The van der Waals surface area contributed by atoms with E-state index in [0.29, 0.717) is 24.2 Å². The van der Waals surface area contributed by atoms with E-state index < -0.39 is 0 Å². The lowest BCUT2D eigenvalue weighted by molar-refractivity contribution is -0.0170. The van der Waals surface area contributed by atoms with Crippen molar-refractivity contribution < 1.29 is 13.9 Å². The number of hydrogen-bond acceptors (Lipinski definition) is 9. The Bertz CT molecular complexity index is 1390. The summed E-state index contributed by atoms with van der Waals surface area (Å²) in [5, 5.41) is 4.27. The summed E-state index contributed by atoms with van der Waals surface area (Å²) in [7, 11) is 1.75. The number of ether oxygens (including phenoxy) is 2. The van der Waals surface area contributed by atoms with Crippen LogP contribution < -0.4 is 15.0 Å². The van der Waals surface area contributed by atoms with Crippen molar-refractivity contribution in [2.24, 2.45) is 0 Å². The molecule has 1 fully saturated rings. The maximum atomic E-state index is 5.93. The fourth-order valence-corrected chi connectivity index (χ4v) is 4.44. The zero-order valence-electron chi connectivity index (χ0n) is 21.0. The first-order valence-corrected chi connectivity index (χ1v) is 11.7. The normalized spacial score (nSPS) is 14.7. The summed E-state index contributed by atoms with van der Waals surface area (Å²) in [6.45, 7) is 11.9. The van der Waals surface area contributed by atoms with Gasteiger partial charge in [-0.15, -0.1) is 0 Å². The number of nitrogens with zero attached hydrogens (tertiary/aromatic N) is 5. The zero-order chi connectivity index (χ0) is 24.7. The zero-order valence-corrected chi connectivity index (χ0v) is 21.0. The third-order valence-electron chi connectivity index (χ3n) is 6.21. The lowest BCUT2D eigenvalue weighted by atomic mass is 9.96. The second-order valence-electron chi connectivity index (χ2n) is 9.15. The molecule has 0 spiro atoms. The average Bonchev–Trinajstić information content (AvgIpc) is 3.15. The summed E-state index contributed by atoms with van der Waals surface area (Å²) in [4.78, 5) is 20.7. The van der Waals surface area contributed by atoms with Crippen molar-refractivity contribution in [2.45, 2.75) is 40.2 Å². The van der Waals surface area contributed by atoms with Gasteiger partial charge in [0.05, 0.1) is 36.7 Å². The molecule has 9 heteroatoms. The minimum atomic E-state index is -0.166. The Morgan fingerprint density at radius 2 is 1.91 bits per heavy atom. The van der Waals surface area contributed by atoms with E-state index >= 15 is 0 Å². The molecule has 182 valence electrons. The largest absolute Gasteiger partial charge is 0.492 e. The fraction of sp³-hybridized carbons (Fsp3) is 0.385. The summed E-state index contributed by atoms with van der Waals surface area (Å²) in [5.74, 6) is 3.37. The van der Waals surface area contributed by atoms with Crippen molar-refractivity contribution in [1.29, 1.82) is 0 Å². The first-order valence-electron chi connectivity index (χ1n) is 11.7. The van der Waals surface area contributed by atoms with Gasteiger partial charge in [0.15, 0.2) is 17.5 Å². The van der Waals surface area contributed by atoms with Gasteiger partial charge in [0.2, 0.25) is 5.95 Å². The van der Waals surface area contributed by atoms with Crippen LogP contribution in [0.25, 0.3) is 22.2 Å². The number of rotatable bonds is 7. The van der Waals surface area contributed by atoms with Crippen LogP contribution in [0.3, 0.4) is 0 Å². The lowest BCUT2D eigenvalue weighted by Gasteiger charge is -2.47. The third-order valence-corrected chi connectivity index (χ3v) is 6.21. The van der Waals surface area contributed by atoms with Crippen molar-refractivity contribution in [3.05, 3.63) is 47.7 Å². The minimum Gasteiger partial charge on any atom is -0.492 e. The molecule has 0 unspecified atom stereocenters. The van der Waals surface area contributed by atoms with Gasteiger partial charge in [0.1, 0.15) is 11.3 Å². The van der Waals surface area contributed by atoms with Crippen LogP contribution >= 0.6 is 0 Å². The Kier molecular flexibility index (Phi) is 5.80. The van der Waals surface area contributed by atoms with E-state index in [-0.39, 0.29) is 5.60 Å². The number of aryl methyl sites for hydroxylation is 3. The van der Waals surface area contributed by atoms with Crippen LogP contribution in [0, 0.1) is 20.8 Å². The molecule has 9 nitrogen and oxygen atoms in total. The molecule has 4 aromatic rings. The molecule has 0 radical (unpaired) electrons. The number of anilines is 3. The highest BCUT2D eigenvalue weighted by molar-refractivity contribution is 5.90. The molecule has 3 aromatic heterocycles. The van der Waals surface area contributed by atoms with Gasteiger partial charge in [-0.2, -0.15) is 0 Å². The van der Waals surface area contributed by atoms with Crippen molar-refractivity contribution in [3.63, 3.8) is 0 Å². The number of benzene rings is 1. The molecule has 1 N–H and O–H groups in total. The summed E-state index contributed by atoms with van der Waals surface area (Å²) in [6, 6.07) is 7.86. The Morgan fingerprint density at radius 3 is 2.60 bits per heavy atom. The van der Waals surface area contributed by atoms with E-state index in [4.69, 9.17) is 23.9 Å². The summed E-state index contributed by atoms with van der Waals surface area (Å²) < 4.78 is 17.3. The highest BCUT2D eigenvalue weighted by atomic mass is 16.5. The summed E-state index contributed by atoms with van der Waals surface area (Å²) >= 11 is 0. The molecule has 0 atom stereocenters. The molecule has 4 heterocycles. The highest BCUT2D eigenvalue weighted by Gasteiger charge is 2.40. The van der Waals surface area contributed by atoms with Crippen LogP contribution in [0.15, 0.2) is 34.9 Å². The van der Waals surface area contributed by atoms with Gasteiger partial charge in [0, 0.05) is 36.9 Å². The van der Waals surface area contributed by atoms with E-state index in [1.165, 1.54) is 0 Å². The molecular formula is C26H30N6O3. The standard InChI is InChI=1S/C26H30N6O3/c1-7-34-21-11-18(23-16(3)29-17(4)35-23)8-9-20(21)30-25-27-12-19-10-15(2)28-24(22(19)31-25)32-13-26(5,14-32)33-6/h8-12H,7,13-14H2,1-6H3,(H,27,30,31). The van der Waals surface area contributed by atoms with E-state index in [2.05, 4.69) is 27.1 Å². The molecule has 0 amide bonds. The van der Waals surface area contributed by atoms with E-state index in [1.54, 1.807) is 7.11 Å². The average molecular weight is 475 g/mol. The van der Waals surface area contributed by atoms with Crippen LogP contribution in [0.1, 0.15) is 31.1 Å². The molecule has 35 heavy (non-hydrogen) atoms. The van der Waals surface area contributed by atoms with Crippen molar-refractivity contribution in [1.82, 2.24) is 19.9 Å². The number of oxazole rings is 1. The summed E-state index contributed by atoms with van der Waals surface area (Å²) in [5.41, 5.74) is 4.07. The van der Waals surface area contributed by atoms with Gasteiger partial charge < -0.3 is 24.1 Å². The second kappa shape index (κ2) is 8.81. The molecule has 1 aliphatic heterocycles. The van der Waals surface area contributed by atoms with Crippen molar-refractivity contribution in [3.8, 4) is 17.1 Å². The molecule has 5 rings (SSSR count). The van der Waals surface area contributed by atoms with E-state index in [1.807, 2.05) is 58.2 Å². The maximum Gasteiger partial charge on any atom is 0.227 e. The minimum absolute atomic E-state index is 0.166. The molecule has 0 aliphatic carbocycles. The number of nitrogens with one attached hydrogen (secondary N) is 1. The Morgan fingerprint density at radius 1 is 1.11 bits per heavy atom. The van der Waals surface area contributed by atoms with E-state index in [9.17, 15) is 0 Å². The number of pyridine rings is 1. The molecule has 0 bridgehead atoms. The molecule has 1 saturated heterocycles. The number of aromatic nitrogens is 4.